The molecule has 0 aliphatic heterocycles. The minimum absolute atomic E-state index is 0.221. The van der Waals surface area contributed by atoms with E-state index in [0.717, 1.165) is 38.7 Å². The summed E-state index contributed by atoms with van der Waals surface area (Å²) < 4.78 is 6.02. The maximum Gasteiger partial charge on any atom is 0.257 e. The van der Waals surface area contributed by atoms with Crippen molar-refractivity contribution in [1.82, 2.24) is 10.3 Å². The number of hydrogen-bond donors (Lipinski definition) is 2. The molecule has 32 heavy (non-hydrogen) atoms. The van der Waals surface area contributed by atoms with Crippen molar-refractivity contribution in [3.05, 3.63) is 96.1 Å². The van der Waals surface area contributed by atoms with Gasteiger partial charge in [-0.2, -0.15) is 0 Å². The van der Waals surface area contributed by atoms with Crippen molar-refractivity contribution in [1.29, 1.82) is 0 Å². The van der Waals surface area contributed by atoms with Crippen LogP contribution in [0.15, 0.2) is 89.3 Å². The van der Waals surface area contributed by atoms with Crippen molar-refractivity contribution in [3.63, 3.8) is 0 Å². The van der Waals surface area contributed by atoms with E-state index < -0.39 is 0 Å². The van der Waals surface area contributed by atoms with Crippen molar-refractivity contribution >= 4 is 50.8 Å². The van der Waals surface area contributed by atoms with E-state index in [4.69, 9.17) is 21.6 Å². The Morgan fingerprint density at radius 1 is 0.938 bits per heavy atom. The zero-order valence-electron chi connectivity index (χ0n) is 17.3. The van der Waals surface area contributed by atoms with E-state index in [-0.39, 0.29) is 11.0 Å². The molecule has 0 saturated heterocycles. The van der Waals surface area contributed by atoms with Crippen LogP contribution in [-0.4, -0.2) is 16.0 Å². The van der Waals surface area contributed by atoms with Crippen molar-refractivity contribution in [3.8, 4) is 11.5 Å². The molecule has 4 aromatic carbocycles. The van der Waals surface area contributed by atoms with Gasteiger partial charge in [-0.1, -0.05) is 54.6 Å². The van der Waals surface area contributed by atoms with E-state index in [9.17, 15) is 4.79 Å². The number of nitrogens with zero attached hydrogens (tertiary/aromatic N) is 1. The van der Waals surface area contributed by atoms with Crippen LogP contribution in [0.1, 0.15) is 15.9 Å². The van der Waals surface area contributed by atoms with Crippen LogP contribution in [0.2, 0.25) is 0 Å². The van der Waals surface area contributed by atoms with E-state index in [1.54, 1.807) is 6.07 Å². The molecule has 0 aliphatic carbocycles. The first-order valence-corrected chi connectivity index (χ1v) is 10.6. The fourth-order valence-electron chi connectivity index (χ4n) is 3.68. The lowest BCUT2D eigenvalue weighted by Gasteiger charge is -2.11. The van der Waals surface area contributed by atoms with Crippen LogP contribution in [-0.2, 0) is 0 Å². The van der Waals surface area contributed by atoms with Gasteiger partial charge < -0.3 is 9.73 Å². The Labute approximate surface area is 190 Å². The van der Waals surface area contributed by atoms with E-state index in [1.807, 2.05) is 79.7 Å². The van der Waals surface area contributed by atoms with Crippen LogP contribution in [0, 0.1) is 6.92 Å². The maximum atomic E-state index is 12.5. The van der Waals surface area contributed by atoms with Crippen molar-refractivity contribution < 1.29 is 9.21 Å². The van der Waals surface area contributed by atoms with E-state index in [0.29, 0.717) is 11.5 Å². The molecule has 1 aromatic heterocycles. The lowest BCUT2D eigenvalue weighted by atomic mass is 10.1. The van der Waals surface area contributed by atoms with Crippen molar-refractivity contribution in [2.45, 2.75) is 6.92 Å². The van der Waals surface area contributed by atoms with Crippen LogP contribution < -0.4 is 10.6 Å². The Hall–Kier alpha value is -4.03. The molecule has 0 atom stereocenters. The third-order valence-electron chi connectivity index (χ3n) is 5.27. The van der Waals surface area contributed by atoms with Crippen LogP contribution in [0.4, 0.5) is 5.69 Å². The quantitative estimate of drug-likeness (QED) is 0.335. The molecule has 6 heteroatoms. The van der Waals surface area contributed by atoms with Crippen molar-refractivity contribution in [2.75, 3.05) is 5.32 Å². The van der Waals surface area contributed by atoms with Gasteiger partial charge in [0.2, 0.25) is 5.89 Å². The van der Waals surface area contributed by atoms with E-state index in [2.05, 4.69) is 16.7 Å². The van der Waals surface area contributed by atoms with E-state index >= 15 is 0 Å². The van der Waals surface area contributed by atoms with Crippen molar-refractivity contribution in [2.24, 2.45) is 0 Å². The highest BCUT2D eigenvalue weighted by Crippen LogP contribution is 2.30. The molecule has 5 rings (SSSR count). The predicted octanol–water partition coefficient (Wildman–Crippen LogP) is 6.08. The number of nitrogens with one attached hydrogen (secondary N) is 2. The molecule has 1 amide bonds. The van der Waals surface area contributed by atoms with Gasteiger partial charge in [0.1, 0.15) is 5.52 Å². The molecule has 0 spiro atoms. The smallest absolute Gasteiger partial charge is 0.257 e. The molecule has 0 unspecified atom stereocenters. The predicted molar refractivity (Wildman–Crippen MR) is 132 cm³/mol. The Balaban J connectivity index is 1.38. The first kappa shape index (κ1) is 19.9. The molecule has 5 aromatic rings. The number of thiocarbonyl (C=S) groups is 1. The van der Waals surface area contributed by atoms with Gasteiger partial charge in [-0.05, 0) is 60.4 Å². The summed E-state index contributed by atoms with van der Waals surface area (Å²) in [7, 11) is 0. The van der Waals surface area contributed by atoms with Gasteiger partial charge in [-0.15, -0.1) is 0 Å². The summed E-state index contributed by atoms with van der Waals surface area (Å²) in [4.78, 5) is 17.2. The Bertz CT molecular complexity index is 1490. The summed E-state index contributed by atoms with van der Waals surface area (Å²) in [6.07, 6.45) is 0. The highest BCUT2D eigenvalue weighted by Gasteiger charge is 2.13. The van der Waals surface area contributed by atoms with Gasteiger partial charge in [0, 0.05) is 22.2 Å². The van der Waals surface area contributed by atoms with E-state index in [1.165, 1.54) is 0 Å². The molecule has 0 saturated carbocycles. The first-order chi connectivity index (χ1) is 15.6. The lowest BCUT2D eigenvalue weighted by molar-refractivity contribution is 0.0977. The highest BCUT2D eigenvalue weighted by molar-refractivity contribution is 7.80. The molecular weight excluding hydrogens is 418 g/mol. The zero-order valence-corrected chi connectivity index (χ0v) is 18.1. The topological polar surface area (TPSA) is 67.2 Å². The largest absolute Gasteiger partial charge is 0.436 e. The number of benzene rings is 4. The van der Waals surface area contributed by atoms with Gasteiger partial charge in [-0.3, -0.25) is 10.1 Å². The number of aromatic nitrogens is 1. The Morgan fingerprint density at radius 2 is 1.75 bits per heavy atom. The number of fused-ring (bicyclic) bond motifs is 3. The van der Waals surface area contributed by atoms with Crippen LogP contribution in [0.3, 0.4) is 0 Å². The molecule has 0 aliphatic rings. The molecule has 1 heterocycles. The van der Waals surface area contributed by atoms with Crippen LogP contribution >= 0.6 is 12.2 Å². The number of oxazole rings is 1. The summed E-state index contributed by atoms with van der Waals surface area (Å²) in [5, 5.41) is 8.18. The summed E-state index contributed by atoms with van der Waals surface area (Å²) in [6.45, 7) is 1.89. The first-order valence-electron chi connectivity index (χ1n) is 10.2. The fourth-order valence-corrected chi connectivity index (χ4v) is 3.89. The van der Waals surface area contributed by atoms with Gasteiger partial charge in [0.15, 0.2) is 10.7 Å². The molecule has 0 radical (unpaired) electrons. The summed E-state index contributed by atoms with van der Waals surface area (Å²) in [5.41, 5.74) is 4.57. The van der Waals surface area contributed by atoms with Gasteiger partial charge >= 0.3 is 0 Å². The Kier molecular flexibility index (Phi) is 5.13. The molecular formula is C26H19N3O2S. The monoisotopic (exact) mass is 437 g/mol. The molecule has 2 N–H and O–H groups in total. The third-order valence-corrected chi connectivity index (χ3v) is 5.47. The summed E-state index contributed by atoms with van der Waals surface area (Å²) >= 11 is 5.34. The second kappa shape index (κ2) is 8.24. The lowest BCUT2D eigenvalue weighted by Crippen LogP contribution is -2.34. The number of carbonyl (C=O) groups is 1. The number of aryl methyl sites for hydroxylation is 1. The number of amides is 1. The second-order valence-electron chi connectivity index (χ2n) is 7.46. The standard InChI is InChI=1S/C26H19N3O2S/c1-16-7-2-4-11-20(16)24(30)29-26(32)27-19-10-6-9-18(15-19)25-28-23-21-12-5-3-8-17(21)13-14-22(23)31-25/h2-15H,1H3,(H2,27,29,30,32). The molecule has 5 nitrogen and oxygen atoms in total. The minimum atomic E-state index is -0.248. The highest BCUT2D eigenvalue weighted by atomic mass is 32.1. The molecule has 156 valence electrons. The molecule has 0 bridgehead atoms. The number of rotatable bonds is 3. The van der Waals surface area contributed by atoms with Crippen LogP contribution in [0.5, 0.6) is 0 Å². The third kappa shape index (κ3) is 3.84. The SMILES string of the molecule is Cc1ccccc1C(=O)NC(=S)Nc1cccc(-c2nc3c(ccc4ccccc43)o2)c1. The summed E-state index contributed by atoms with van der Waals surface area (Å²) in [6, 6.07) is 27.0. The molecule has 0 fully saturated rings. The summed E-state index contributed by atoms with van der Waals surface area (Å²) in [5.74, 6) is 0.275. The average Bonchev–Trinajstić information content (AvgIpc) is 3.24. The Morgan fingerprint density at radius 3 is 2.62 bits per heavy atom. The normalized spacial score (nSPS) is 10.9. The van der Waals surface area contributed by atoms with Gasteiger partial charge in [-0.25, -0.2) is 4.98 Å². The minimum Gasteiger partial charge on any atom is -0.436 e. The zero-order chi connectivity index (χ0) is 22.1. The number of carbonyl (C=O) groups excluding carboxylic acids is 1. The number of anilines is 1. The van der Waals surface area contributed by atoms with Gasteiger partial charge in [0.25, 0.3) is 5.91 Å². The average molecular weight is 438 g/mol. The van der Waals surface area contributed by atoms with Crippen LogP contribution in [0.25, 0.3) is 33.3 Å². The fraction of sp³-hybridized carbons (Fsp3) is 0.0385. The number of hydrogen-bond acceptors (Lipinski definition) is 4. The maximum absolute atomic E-state index is 12.5. The second-order valence-corrected chi connectivity index (χ2v) is 7.86. The van der Waals surface area contributed by atoms with Gasteiger partial charge in [0.05, 0.1) is 0 Å².